The van der Waals surface area contributed by atoms with Crippen LogP contribution in [0.2, 0.25) is 0 Å². The van der Waals surface area contributed by atoms with E-state index in [1.165, 1.54) is 0 Å². The Morgan fingerprint density at radius 2 is 1.89 bits per heavy atom. The molecule has 0 radical (unpaired) electrons. The van der Waals surface area contributed by atoms with Crippen LogP contribution in [-0.2, 0) is 14.9 Å². The van der Waals surface area contributed by atoms with Gasteiger partial charge in [-0.05, 0) is 39.0 Å². The number of carboxylic acids is 1. The summed E-state index contributed by atoms with van der Waals surface area (Å²) in [6.07, 6.45) is 0. The first kappa shape index (κ1) is 15.4. The number of nitrogens with one attached hydrogen (secondary N) is 1. The Balaban J connectivity index is 3.09. The van der Waals surface area contributed by atoms with Crippen molar-refractivity contribution < 1.29 is 28.3 Å². The van der Waals surface area contributed by atoms with Gasteiger partial charge in [-0.3, -0.25) is 4.84 Å². The van der Waals surface area contributed by atoms with E-state index < -0.39 is 32.9 Å². The third-order valence-electron chi connectivity index (χ3n) is 1.97. The monoisotopic (exact) mass is 289 g/mol. The highest BCUT2D eigenvalue weighted by molar-refractivity contribution is 7.89. The summed E-state index contributed by atoms with van der Waals surface area (Å²) < 4.78 is 23.7. The number of aromatic carboxylic acids is 1. The van der Waals surface area contributed by atoms with E-state index >= 15 is 0 Å². The number of carbonyl (C=O) groups is 1. The topological polar surface area (TPSA) is 113 Å². The van der Waals surface area contributed by atoms with Crippen molar-refractivity contribution in [3.63, 3.8) is 0 Å². The molecule has 8 heteroatoms. The Morgan fingerprint density at radius 3 is 2.37 bits per heavy atom. The number of aromatic hydroxyl groups is 1. The van der Waals surface area contributed by atoms with Gasteiger partial charge in [0, 0.05) is 0 Å². The first-order valence-electron chi connectivity index (χ1n) is 5.29. The smallest absolute Gasteiger partial charge is 0.339 e. The molecule has 0 amide bonds. The predicted molar refractivity (Wildman–Crippen MR) is 66.2 cm³/mol. The minimum atomic E-state index is -4.01. The largest absolute Gasteiger partial charge is 0.507 e. The van der Waals surface area contributed by atoms with E-state index in [-0.39, 0.29) is 4.90 Å². The molecule has 0 aliphatic rings. The molecule has 0 heterocycles. The fourth-order valence-electron chi connectivity index (χ4n) is 1.08. The maximum absolute atomic E-state index is 11.9. The van der Waals surface area contributed by atoms with E-state index in [4.69, 9.17) is 9.94 Å². The van der Waals surface area contributed by atoms with Gasteiger partial charge in [-0.25, -0.2) is 13.2 Å². The molecule has 0 atom stereocenters. The normalized spacial score (nSPS) is 12.4. The van der Waals surface area contributed by atoms with Crippen molar-refractivity contribution in [2.24, 2.45) is 0 Å². The van der Waals surface area contributed by atoms with Crippen LogP contribution in [0.5, 0.6) is 5.75 Å². The molecule has 0 unspecified atom stereocenters. The molecule has 1 aromatic carbocycles. The van der Waals surface area contributed by atoms with Gasteiger partial charge in [-0.15, -0.1) is 0 Å². The molecule has 19 heavy (non-hydrogen) atoms. The molecule has 3 N–H and O–H groups in total. The second kappa shape index (κ2) is 5.16. The Bertz CT molecular complexity index is 588. The molecule has 106 valence electrons. The highest BCUT2D eigenvalue weighted by Gasteiger charge is 2.21. The van der Waals surface area contributed by atoms with E-state index in [2.05, 4.69) is 0 Å². The highest BCUT2D eigenvalue weighted by atomic mass is 32.2. The minimum Gasteiger partial charge on any atom is -0.507 e. The van der Waals surface area contributed by atoms with Gasteiger partial charge in [0.25, 0.3) is 10.0 Å². The van der Waals surface area contributed by atoms with Gasteiger partial charge in [-0.2, -0.15) is 0 Å². The second-order valence-electron chi connectivity index (χ2n) is 4.79. The summed E-state index contributed by atoms with van der Waals surface area (Å²) in [5.41, 5.74) is -1.24. The number of carboxylic acid groups (broad SMARTS) is 1. The average Bonchev–Trinajstić information content (AvgIpc) is 2.25. The van der Waals surface area contributed by atoms with Crippen LogP contribution >= 0.6 is 0 Å². The molecule has 0 aromatic heterocycles. The molecule has 1 rings (SSSR count). The van der Waals surface area contributed by atoms with E-state index in [1.807, 2.05) is 4.89 Å². The van der Waals surface area contributed by atoms with Gasteiger partial charge in [0.2, 0.25) is 0 Å². The molecule has 1 aromatic rings. The number of hydrogen-bond donors (Lipinski definition) is 3. The van der Waals surface area contributed by atoms with Crippen molar-refractivity contribution in [1.82, 2.24) is 4.89 Å². The third-order valence-corrected chi connectivity index (χ3v) is 3.14. The highest BCUT2D eigenvalue weighted by Crippen LogP contribution is 2.21. The Labute approximate surface area is 110 Å². The summed E-state index contributed by atoms with van der Waals surface area (Å²) in [4.78, 5) is 17.3. The van der Waals surface area contributed by atoms with Crippen LogP contribution in [0.15, 0.2) is 23.1 Å². The summed E-state index contributed by atoms with van der Waals surface area (Å²) >= 11 is 0. The molecular formula is C11H15NO6S. The zero-order valence-electron chi connectivity index (χ0n) is 10.7. The molecule has 0 aliphatic heterocycles. The molecule has 0 aliphatic carbocycles. The maximum atomic E-state index is 11.9. The minimum absolute atomic E-state index is 0.313. The SMILES string of the molecule is CC(C)(C)ONS(=O)(=O)c1ccc(O)c(C(=O)O)c1. The number of rotatable bonds is 4. The van der Waals surface area contributed by atoms with E-state index in [9.17, 15) is 18.3 Å². The number of hydrogen-bond acceptors (Lipinski definition) is 5. The van der Waals surface area contributed by atoms with Gasteiger partial charge in [0.15, 0.2) is 0 Å². The standard InChI is InChI=1S/C11H15NO6S/c1-11(2,3)18-12-19(16,17)7-4-5-9(13)8(6-7)10(14)15/h4-6,12-13H,1-3H3,(H,14,15). The lowest BCUT2D eigenvalue weighted by atomic mass is 10.2. The zero-order valence-corrected chi connectivity index (χ0v) is 11.5. The lowest BCUT2D eigenvalue weighted by molar-refractivity contribution is -0.0357. The Hall–Kier alpha value is -1.64. The van der Waals surface area contributed by atoms with Crippen molar-refractivity contribution in [3.05, 3.63) is 23.8 Å². The Morgan fingerprint density at radius 1 is 1.32 bits per heavy atom. The fourth-order valence-corrected chi connectivity index (χ4v) is 2.06. The molecule has 0 saturated heterocycles. The zero-order chi connectivity index (χ0) is 14.8. The lowest BCUT2D eigenvalue weighted by Crippen LogP contribution is -2.33. The van der Waals surface area contributed by atoms with Gasteiger partial charge in [0.05, 0.1) is 10.5 Å². The quantitative estimate of drug-likeness (QED) is 0.715. The van der Waals surface area contributed by atoms with Crippen molar-refractivity contribution >= 4 is 16.0 Å². The van der Waals surface area contributed by atoms with Crippen LogP contribution in [0.3, 0.4) is 0 Å². The molecule has 0 bridgehead atoms. The van der Waals surface area contributed by atoms with E-state index in [1.54, 1.807) is 20.8 Å². The summed E-state index contributed by atoms with van der Waals surface area (Å²) in [6.45, 7) is 4.94. The van der Waals surface area contributed by atoms with Gasteiger partial charge in [0.1, 0.15) is 11.3 Å². The average molecular weight is 289 g/mol. The van der Waals surface area contributed by atoms with Gasteiger partial charge < -0.3 is 10.2 Å². The van der Waals surface area contributed by atoms with Gasteiger partial charge >= 0.3 is 5.97 Å². The maximum Gasteiger partial charge on any atom is 0.339 e. The second-order valence-corrected chi connectivity index (χ2v) is 6.43. The Kier molecular flexibility index (Phi) is 4.18. The summed E-state index contributed by atoms with van der Waals surface area (Å²) in [5, 5.41) is 18.1. The molecule has 7 nitrogen and oxygen atoms in total. The van der Waals surface area contributed by atoms with Crippen LogP contribution in [0.25, 0.3) is 0 Å². The molecule has 0 spiro atoms. The summed E-state index contributed by atoms with van der Waals surface area (Å²) in [6, 6.07) is 2.93. The van der Waals surface area contributed by atoms with E-state index in [0.29, 0.717) is 0 Å². The van der Waals surface area contributed by atoms with Crippen LogP contribution in [0, 0.1) is 0 Å². The van der Waals surface area contributed by atoms with Crippen LogP contribution in [-0.4, -0.2) is 30.2 Å². The first-order valence-corrected chi connectivity index (χ1v) is 6.77. The summed E-state index contributed by atoms with van der Waals surface area (Å²) in [5.74, 6) is -1.94. The molecule has 0 fully saturated rings. The first-order chi connectivity index (χ1) is 8.53. The number of phenols is 1. The molecule has 0 saturated carbocycles. The molecular weight excluding hydrogens is 274 g/mol. The van der Waals surface area contributed by atoms with Crippen LogP contribution in [0.4, 0.5) is 0 Å². The van der Waals surface area contributed by atoms with Crippen molar-refractivity contribution in [1.29, 1.82) is 0 Å². The van der Waals surface area contributed by atoms with Crippen LogP contribution < -0.4 is 4.89 Å². The number of sulfonamides is 1. The van der Waals surface area contributed by atoms with Crippen molar-refractivity contribution in [2.75, 3.05) is 0 Å². The van der Waals surface area contributed by atoms with Crippen molar-refractivity contribution in [2.45, 2.75) is 31.3 Å². The predicted octanol–water partition coefficient (Wildman–Crippen LogP) is 1.10. The third kappa shape index (κ3) is 4.19. The summed E-state index contributed by atoms with van der Waals surface area (Å²) in [7, 11) is -4.01. The number of benzene rings is 1. The fraction of sp³-hybridized carbons (Fsp3) is 0.364. The van der Waals surface area contributed by atoms with E-state index in [0.717, 1.165) is 18.2 Å². The van der Waals surface area contributed by atoms with Crippen LogP contribution in [0.1, 0.15) is 31.1 Å². The van der Waals surface area contributed by atoms with Crippen molar-refractivity contribution in [3.8, 4) is 5.75 Å². The van der Waals surface area contributed by atoms with Gasteiger partial charge in [-0.1, -0.05) is 4.89 Å². The lowest BCUT2D eigenvalue weighted by Gasteiger charge is -2.19.